The summed E-state index contributed by atoms with van der Waals surface area (Å²) < 4.78 is 1.72. The van der Waals surface area contributed by atoms with Gasteiger partial charge in [0.05, 0.1) is 6.07 Å². The molecule has 1 fully saturated rings. The fraction of sp³-hybridized carbons (Fsp3) is 0.300. The van der Waals surface area contributed by atoms with Crippen LogP contribution < -0.4 is 0 Å². The molecule has 0 aliphatic heterocycles. The first-order valence-corrected chi connectivity index (χ1v) is 4.57. The number of hydrogen-bond donors (Lipinski definition) is 0. The largest absolute Gasteiger partial charge is 0.221 e. The number of pyridine rings is 1. The van der Waals surface area contributed by atoms with Crippen molar-refractivity contribution in [3.8, 4) is 6.07 Å². The molecule has 14 heavy (non-hydrogen) atoms. The summed E-state index contributed by atoms with van der Waals surface area (Å²) in [7, 11) is 0. The van der Waals surface area contributed by atoms with Crippen molar-refractivity contribution in [2.45, 2.75) is 18.3 Å². The van der Waals surface area contributed by atoms with Gasteiger partial charge in [-0.15, -0.1) is 5.10 Å². The van der Waals surface area contributed by atoms with Crippen LogP contribution in [0.2, 0.25) is 0 Å². The molecular weight excluding hydrogens is 176 g/mol. The van der Waals surface area contributed by atoms with E-state index in [9.17, 15) is 0 Å². The molecule has 0 radical (unpaired) electrons. The van der Waals surface area contributed by atoms with Crippen molar-refractivity contribution in [1.29, 1.82) is 5.26 Å². The van der Waals surface area contributed by atoms with Gasteiger partial charge in [-0.3, -0.25) is 0 Å². The second-order valence-corrected chi connectivity index (χ2v) is 3.63. The molecule has 3 rings (SSSR count). The molecule has 0 amide bonds. The molecule has 2 aromatic rings. The summed E-state index contributed by atoms with van der Waals surface area (Å²) in [4.78, 5) is 4.35. The summed E-state index contributed by atoms with van der Waals surface area (Å²) in [6.45, 7) is 0. The van der Waals surface area contributed by atoms with Crippen LogP contribution in [0.3, 0.4) is 0 Å². The van der Waals surface area contributed by atoms with Gasteiger partial charge in [0.25, 0.3) is 0 Å². The lowest BCUT2D eigenvalue weighted by Crippen LogP contribution is -2.05. The minimum atomic E-state index is -0.383. The highest BCUT2D eigenvalue weighted by Crippen LogP contribution is 2.45. The van der Waals surface area contributed by atoms with Gasteiger partial charge in [-0.2, -0.15) is 5.26 Å². The summed E-state index contributed by atoms with van der Waals surface area (Å²) in [6.07, 6.45) is 3.63. The highest BCUT2D eigenvalue weighted by atomic mass is 15.3. The lowest BCUT2D eigenvalue weighted by atomic mass is 10.1. The molecule has 0 N–H and O–H groups in total. The smallest absolute Gasteiger partial charge is 0.171 e. The zero-order valence-electron chi connectivity index (χ0n) is 7.51. The van der Waals surface area contributed by atoms with E-state index < -0.39 is 0 Å². The molecule has 0 atom stereocenters. The second-order valence-electron chi connectivity index (χ2n) is 3.63. The quantitative estimate of drug-likeness (QED) is 0.670. The first-order chi connectivity index (χ1) is 6.84. The van der Waals surface area contributed by atoms with Gasteiger partial charge in [-0.25, -0.2) is 9.50 Å². The Morgan fingerprint density at radius 1 is 1.43 bits per heavy atom. The van der Waals surface area contributed by atoms with Crippen molar-refractivity contribution in [3.05, 3.63) is 30.2 Å². The molecule has 4 nitrogen and oxygen atoms in total. The molecule has 0 saturated heterocycles. The van der Waals surface area contributed by atoms with Crippen molar-refractivity contribution >= 4 is 5.65 Å². The van der Waals surface area contributed by atoms with Crippen LogP contribution in [0, 0.1) is 11.3 Å². The van der Waals surface area contributed by atoms with Crippen LogP contribution in [-0.2, 0) is 5.41 Å². The van der Waals surface area contributed by atoms with Crippen LogP contribution in [0.15, 0.2) is 24.4 Å². The van der Waals surface area contributed by atoms with E-state index in [1.54, 1.807) is 4.52 Å². The van der Waals surface area contributed by atoms with Gasteiger partial charge in [0.1, 0.15) is 5.41 Å². The molecule has 0 bridgehead atoms. The third-order valence-electron chi connectivity index (χ3n) is 2.63. The molecule has 0 unspecified atom stereocenters. The van der Waals surface area contributed by atoms with E-state index in [1.807, 2.05) is 24.4 Å². The van der Waals surface area contributed by atoms with Gasteiger partial charge in [0, 0.05) is 6.20 Å². The van der Waals surface area contributed by atoms with E-state index in [2.05, 4.69) is 16.2 Å². The van der Waals surface area contributed by atoms with Crippen LogP contribution in [0.4, 0.5) is 0 Å². The molecule has 68 valence electrons. The zero-order chi connectivity index (χ0) is 9.60. The lowest BCUT2D eigenvalue weighted by Gasteiger charge is -1.94. The molecule has 2 heterocycles. The Morgan fingerprint density at radius 3 is 2.93 bits per heavy atom. The number of hydrogen-bond acceptors (Lipinski definition) is 3. The predicted molar refractivity (Wildman–Crippen MR) is 49.5 cm³/mol. The Morgan fingerprint density at radius 2 is 2.29 bits per heavy atom. The summed E-state index contributed by atoms with van der Waals surface area (Å²) in [5, 5.41) is 13.3. The second kappa shape index (κ2) is 2.32. The molecular formula is C10H8N4. The topological polar surface area (TPSA) is 54.0 Å². The average molecular weight is 184 g/mol. The normalized spacial score (nSPS) is 17.9. The van der Waals surface area contributed by atoms with Crippen LogP contribution in [0.1, 0.15) is 18.7 Å². The van der Waals surface area contributed by atoms with E-state index in [-0.39, 0.29) is 5.41 Å². The van der Waals surface area contributed by atoms with E-state index in [0.29, 0.717) is 5.82 Å². The summed E-state index contributed by atoms with van der Waals surface area (Å²) in [6, 6.07) is 8.00. The third-order valence-corrected chi connectivity index (χ3v) is 2.63. The van der Waals surface area contributed by atoms with Crippen LogP contribution >= 0.6 is 0 Å². The van der Waals surface area contributed by atoms with Gasteiger partial charge >= 0.3 is 0 Å². The van der Waals surface area contributed by atoms with Gasteiger partial charge in [0.15, 0.2) is 11.5 Å². The average Bonchev–Trinajstić information content (AvgIpc) is 2.91. The summed E-state index contributed by atoms with van der Waals surface area (Å²) >= 11 is 0. The maximum atomic E-state index is 9.00. The Balaban J connectivity index is 2.21. The van der Waals surface area contributed by atoms with E-state index >= 15 is 0 Å². The van der Waals surface area contributed by atoms with Crippen LogP contribution in [0.25, 0.3) is 5.65 Å². The van der Waals surface area contributed by atoms with Gasteiger partial charge in [-0.05, 0) is 25.0 Å². The highest BCUT2D eigenvalue weighted by Gasteiger charge is 2.48. The maximum Gasteiger partial charge on any atom is 0.171 e. The number of aromatic nitrogens is 3. The standard InChI is InChI=1S/C10H8N4/c11-7-10(4-5-10)9-12-8-3-1-2-6-14(8)13-9/h1-3,6H,4-5H2. The van der Waals surface area contributed by atoms with Crippen molar-refractivity contribution in [2.24, 2.45) is 0 Å². The van der Waals surface area contributed by atoms with Gasteiger partial charge < -0.3 is 0 Å². The van der Waals surface area contributed by atoms with E-state index in [1.165, 1.54) is 0 Å². The van der Waals surface area contributed by atoms with Gasteiger partial charge in [-0.1, -0.05) is 6.07 Å². The first-order valence-electron chi connectivity index (χ1n) is 4.57. The van der Waals surface area contributed by atoms with Crippen molar-refractivity contribution in [2.75, 3.05) is 0 Å². The van der Waals surface area contributed by atoms with Crippen molar-refractivity contribution in [3.63, 3.8) is 0 Å². The first kappa shape index (κ1) is 7.51. The molecule has 1 aliphatic rings. The fourth-order valence-electron chi connectivity index (χ4n) is 1.54. The van der Waals surface area contributed by atoms with Crippen LogP contribution in [0.5, 0.6) is 0 Å². The third kappa shape index (κ3) is 0.867. The number of nitriles is 1. The van der Waals surface area contributed by atoms with E-state index in [0.717, 1.165) is 18.5 Å². The predicted octanol–water partition coefficient (Wildman–Crippen LogP) is 1.28. The SMILES string of the molecule is N#CC1(c2nc3ccccn3n2)CC1. The Bertz CT molecular complexity index is 497. The number of fused-ring (bicyclic) bond motifs is 1. The lowest BCUT2D eigenvalue weighted by molar-refractivity contribution is 0.784. The van der Waals surface area contributed by atoms with Crippen molar-refractivity contribution < 1.29 is 0 Å². The number of nitrogens with zero attached hydrogens (tertiary/aromatic N) is 4. The summed E-state index contributed by atoms with van der Waals surface area (Å²) in [5.74, 6) is 0.672. The Labute approximate surface area is 80.8 Å². The van der Waals surface area contributed by atoms with Crippen LogP contribution in [-0.4, -0.2) is 14.6 Å². The van der Waals surface area contributed by atoms with E-state index in [4.69, 9.17) is 5.26 Å². The molecule has 1 saturated carbocycles. The monoisotopic (exact) mass is 184 g/mol. The highest BCUT2D eigenvalue weighted by molar-refractivity contribution is 5.40. The van der Waals surface area contributed by atoms with Crippen molar-refractivity contribution in [1.82, 2.24) is 14.6 Å². The molecule has 2 aromatic heterocycles. The molecule has 0 spiro atoms. The Hall–Kier alpha value is -1.89. The minimum absolute atomic E-state index is 0.383. The summed E-state index contributed by atoms with van der Waals surface area (Å²) in [5.41, 5.74) is 0.426. The maximum absolute atomic E-state index is 9.00. The number of rotatable bonds is 1. The molecule has 1 aliphatic carbocycles. The minimum Gasteiger partial charge on any atom is -0.221 e. The Kier molecular flexibility index (Phi) is 1.25. The van der Waals surface area contributed by atoms with Gasteiger partial charge in [0.2, 0.25) is 0 Å². The molecule has 4 heteroatoms. The molecule has 0 aromatic carbocycles. The fourth-order valence-corrected chi connectivity index (χ4v) is 1.54. The zero-order valence-corrected chi connectivity index (χ0v) is 7.51.